The van der Waals surface area contributed by atoms with E-state index in [0.717, 1.165) is 29.9 Å². The van der Waals surface area contributed by atoms with Crippen molar-refractivity contribution in [2.24, 2.45) is 0 Å². The molecule has 0 atom stereocenters. The predicted molar refractivity (Wildman–Crippen MR) is 108 cm³/mol. The molecule has 144 valence electrons. The van der Waals surface area contributed by atoms with Crippen molar-refractivity contribution < 1.29 is 14.7 Å². The first kappa shape index (κ1) is 20.3. The summed E-state index contributed by atoms with van der Waals surface area (Å²) in [6.45, 7) is 8.26. The van der Waals surface area contributed by atoms with Gasteiger partial charge in [-0.25, -0.2) is 0 Å². The summed E-state index contributed by atoms with van der Waals surface area (Å²) < 4.78 is 0. The number of anilines is 2. The Bertz CT molecular complexity index is 784. The lowest BCUT2D eigenvalue weighted by Gasteiger charge is -2.22. The van der Waals surface area contributed by atoms with Gasteiger partial charge in [-0.2, -0.15) is 0 Å². The zero-order valence-electron chi connectivity index (χ0n) is 16.1. The number of aromatic hydroxyl groups is 1. The number of nitrogens with zero attached hydrogens (tertiary/aromatic N) is 1. The van der Waals surface area contributed by atoms with Crippen LogP contribution in [-0.4, -0.2) is 36.6 Å². The minimum Gasteiger partial charge on any atom is -0.508 e. The molecular formula is C21H27N3O3. The second-order valence-electron chi connectivity index (χ2n) is 6.30. The van der Waals surface area contributed by atoms with E-state index in [9.17, 15) is 14.7 Å². The molecule has 2 aromatic rings. The van der Waals surface area contributed by atoms with E-state index in [-0.39, 0.29) is 5.75 Å². The Kier molecular flexibility index (Phi) is 7.23. The van der Waals surface area contributed by atoms with Gasteiger partial charge in [-0.3, -0.25) is 9.59 Å². The second kappa shape index (κ2) is 9.62. The van der Waals surface area contributed by atoms with Gasteiger partial charge >= 0.3 is 11.8 Å². The molecule has 0 fully saturated rings. The first-order chi connectivity index (χ1) is 12.9. The summed E-state index contributed by atoms with van der Waals surface area (Å²) in [6.07, 6.45) is 0.580. The average Bonchev–Trinajstić information content (AvgIpc) is 2.66. The first-order valence-electron chi connectivity index (χ1n) is 9.17. The molecule has 2 amide bonds. The van der Waals surface area contributed by atoms with Gasteiger partial charge in [0.25, 0.3) is 0 Å². The molecule has 0 aliphatic carbocycles. The molecule has 0 unspecified atom stereocenters. The van der Waals surface area contributed by atoms with Crippen molar-refractivity contribution in [3.05, 3.63) is 53.6 Å². The van der Waals surface area contributed by atoms with Gasteiger partial charge in [-0.15, -0.1) is 0 Å². The Balaban J connectivity index is 1.88. The number of phenols is 1. The lowest BCUT2D eigenvalue weighted by atomic mass is 10.1. The van der Waals surface area contributed by atoms with Crippen molar-refractivity contribution >= 4 is 23.2 Å². The number of carbonyl (C=O) groups excluding carboxylic acids is 2. The van der Waals surface area contributed by atoms with Crippen LogP contribution in [0.3, 0.4) is 0 Å². The van der Waals surface area contributed by atoms with Crippen molar-refractivity contribution in [2.75, 3.05) is 29.9 Å². The topological polar surface area (TPSA) is 81.7 Å². The summed E-state index contributed by atoms with van der Waals surface area (Å²) in [5, 5.41) is 14.5. The molecule has 2 rings (SSSR count). The van der Waals surface area contributed by atoms with Gasteiger partial charge in [0.15, 0.2) is 0 Å². The van der Waals surface area contributed by atoms with Crippen molar-refractivity contribution in [1.29, 1.82) is 0 Å². The van der Waals surface area contributed by atoms with Crippen LogP contribution in [0, 0.1) is 6.92 Å². The van der Waals surface area contributed by atoms with Crippen molar-refractivity contribution in [3.8, 4) is 5.75 Å². The highest BCUT2D eigenvalue weighted by Crippen LogP contribution is 2.22. The summed E-state index contributed by atoms with van der Waals surface area (Å²) in [7, 11) is 0. The van der Waals surface area contributed by atoms with Crippen LogP contribution in [0.15, 0.2) is 42.5 Å². The quantitative estimate of drug-likeness (QED) is 0.656. The van der Waals surface area contributed by atoms with Gasteiger partial charge in [0.2, 0.25) is 0 Å². The number of amides is 2. The molecule has 3 N–H and O–H groups in total. The van der Waals surface area contributed by atoms with E-state index in [4.69, 9.17) is 0 Å². The maximum atomic E-state index is 12.1. The molecule has 0 bridgehead atoms. The fraction of sp³-hybridized carbons (Fsp3) is 0.333. The van der Waals surface area contributed by atoms with E-state index in [1.807, 2.05) is 25.1 Å². The number of hydrogen-bond acceptors (Lipinski definition) is 4. The smallest absolute Gasteiger partial charge is 0.313 e. The zero-order chi connectivity index (χ0) is 19.8. The Hall–Kier alpha value is -3.02. The SMILES string of the molecule is CCN(CC)c1ccc(NC(=O)C(=O)NCCc2ccc(O)cc2)c(C)c1. The summed E-state index contributed by atoms with van der Waals surface area (Å²) in [5.41, 5.74) is 3.60. The normalized spacial score (nSPS) is 10.3. The molecule has 0 saturated carbocycles. The lowest BCUT2D eigenvalue weighted by molar-refractivity contribution is -0.136. The third kappa shape index (κ3) is 5.74. The number of rotatable bonds is 7. The van der Waals surface area contributed by atoms with Crippen LogP contribution in [0.25, 0.3) is 0 Å². The van der Waals surface area contributed by atoms with E-state index >= 15 is 0 Å². The minimum atomic E-state index is -0.681. The molecule has 0 saturated heterocycles. The highest BCUT2D eigenvalue weighted by molar-refractivity contribution is 6.39. The maximum Gasteiger partial charge on any atom is 0.313 e. The molecule has 0 aromatic heterocycles. The standard InChI is InChI=1S/C21H27N3O3/c1-4-24(5-2)17-8-11-19(15(3)14-17)23-21(27)20(26)22-13-12-16-6-9-18(25)10-7-16/h6-11,14,25H,4-5,12-13H2,1-3H3,(H,22,26)(H,23,27). The summed E-state index contributed by atoms with van der Waals surface area (Å²) in [5.74, 6) is -1.15. The lowest BCUT2D eigenvalue weighted by Crippen LogP contribution is -2.36. The molecular weight excluding hydrogens is 342 g/mol. The molecule has 0 radical (unpaired) electrons. The summed E-state index contributed by atoms with van der Waals surface area (Å²) in [4.78, 5) is 26.3. The van der Waals surface area contributed by atoms with Crippen LogP contribution in [0.4, 0.5) is 11.4 Å². The van der Waals surface area contributed by atoms with Crippen LogP contribution in [0.5, 0.6) is 5.75 Å². The van der Waals surface area contributed by atoms with Crippen molar-refractivity contribution in [1.82, 2.24) is 5.32 Å². The van der Waals surface area contributed by atoms with Crippen LogP contribution in [0.2, 0.25) is 0 Å². The third-order valence-corrected chi connectivity index (χ3v) is 4.43. The maximum absolute atomic E-state index is 12.1. The zero-order valence-corrected chi connectivity index (χ0v) is 16.1. The van der Waals surface area contributed by atoms with Crippen molar-refractivity contribution in [3.63, 3.8) is 0 Å². The molecule has 0 spiro atoms. The Labute approximate surface area is 160 Å². The van der Waals surface area contributed by atoms with E-state index in [1.54, 1.807) is 24.3 Å². The Morgan fingerprint density at radius 2 is 1.67 bits per heavy atom. The number of carbonyl (C=O) groups is 2. The minimum absolute atomic E-state index is 0.199. The van der Waals surface area contributed by atoms with E-state index in [1.165, 1.54) is 0 Å². The van der Waals surface area contributed by atoms with Crippen LogP contribution < -0.4 is 15.5 Å². The van der Waals surface area contributed by atoms with Gasteiger partial charge in [-0.1, -0.05) is 12.1 Å². The summed E-state index contributed by atoms with van der Waals surface area (Å²) in [6, 6.07) is 12.5. The predicted octanol–water partition coefficient (Wildman–Crippen LogP) is 2.84. The van der Waals surface area contributed by atoms with E-state index in [0.29, 0.717) is 18.7 Å². The average molecular weight is 369 g/mol. The van der Waals surface area contributed by atoms with Crippen molar-refractivity contribution in [2.45, 2.75) is 27.2 Å². The number of hydrogen-bond donors (Lipinski definition) is 3. The number of aryl methyl sites for hydroxylation is 1. The highest BCUT2D eigenvalue weighted by atomic mass is 16.3. The van der Waals surface area contributed by atoms with Crippen LogP contribution in [0.1, 0.15) is 25.0 Å². The molecule has 0 heterocycles. The molecule has 0 aliphatic heterocycles. The number of nitrogens with one attached hydrogen (secondary N) is 2. The monoisotopic (exact) mass is 369 g/mol. The van der Waals surface area contributed by atoms with Crippen LogP contribution in [-0.2, 0) is 16.0 Å². The summed E-state index contributed by atoms with van der Waals surface area (Å²) >= 11 is 0. The Morgan fingerprint density at radius 3 is 2.26 bits per heavy atom. The number of phenolic OH excluding ortho intramolecular Hbond substituents is 1. The van der Waals surface area contributed by atoms with Crippen LogP contribution >= 0.6 is 0 Å². The van der Waals surface area contributed by atoms with E-state index < -0.39 is 11.8 Å². The Morgan fingerprint density at radius 1 is 1.00 bits per heavy atom. The second-order valence-corrected chi connectivity index (χ2v) is 6.30. The number of benzene rings is 2. The first-order valence-corrected chi connectivity index (χ1v) is 9.17. The van der Waals surface area contributed by atoms with Gasteiger partial charge < -0.3 is 20.6 Å². The molecule has 6 heteroatoms. The van der Waals surface area contributed by atoms with Gasteiger partial charge in [0, 0.05) is 31.0 Å². The third-order valence-electron chi connectivity index (χ3n) is 4.43. The van der Waals surface area contributed by atoms with Gasteiger partial charge in [0.1, 0.15) is 5.75 Å². The largest absolute Gasteiger partial charge is 0.508 e. The van der Waals surface area contributed by atoms with Gasteiger partial charge in [-0.05, 0) is 68.7 Å². The molecule has 2 aromatic carbocycles. The van der Waals surface area contributed by atoms with E-state index in [2.05, 4.69) is 29.4 Å². The molecule has 27 heavy (non-hydrogen) atoms. The van der Waals surface area contributed by atoms with Gasteiger partial charge in [0.05, 0.1) is 0 Å². The molecule has 0 aliphatic rings. The fourth-order valence-corrected chi connectivity index (χ4v) is 2.82. The highest BCUT2D eigenvalue weighted by Gasteiger charge is 2.14. The fourth-order valence-electron chi connectivity index (χ4n) is 2.82. The molecule has 6 nitrogen and oxygen atoms in total.